The minimum atomic E-state index is -0.541. The molecular formula is C16H21FN2O3. The molecular weight excluding hydrogens is 287 g/mol. The van der Waals surface area contributed by atoms with Gasteiger partial charge in [0.25, 0.3) is 0 Å². The van der Waals surface area contributed by atoms with Gasteiger partial charge in [-0.1, -0.05) is 12.8 Å². The quantitative estimate of drug-likeness (QED) is 0.932. The summed E-state index contributed by atoms with van der Waals surface area (Å²) >= 11 is 0. The number of aliphatic hydroxyl groups excluding tert-OH is 1. The number of cyclic esters (lactones) is 1. The molecule has 2 saturated heterocycles. The van der Waals surface area contributed by atoms with E-state index in [4.69, 9.17) is 9.84 Å². The smallest absolute Gasteiger partial charge is 0.414 e. The monoisotopic (exact) mass is 308 g/mol. The third-order valence-corrected chi connectivity index (χ3v) is 4.27. The van der Waals surface area contributed by atoms with Crippen molar-refractivity contribution >= 4 is 17.5 Å². The molecule has 2 aliphatic rings. The lowest BCUT2D eigenvalue weighted by Crippen LogP contribution is -2.27. The van der Waals surface area contributed by atoms with Crippen LogP contribution in [0.2, 0.25) is 0 Å². The van der Waals surface area contributed by atoms with Crippen molar-refractivity contribution < 1.29 is 19.0 Å². The molecule has 2 aliphatic heterocycles. The molecule has 0 bridgehead atoms. The molecule has 1 aromatic rings. The Labute approximate surface area is 129 Å². The lowest BCUT2D eigenvalue weighted by Gasteiger charge is -2.24. The topological polar surface area (TPSA) is 53.0 Å². The molecule has 2 fully saturated rings. The van der Waals surface area contributed by atoms with Gasteiger partial charge in [-0.25, -0.2) is 9.18 Å². The van der Waals surface area contributed by atoms with Crippen LogP contribution in [0.3, 0.4) is 0 Å². The molecule has 0 radical (unpaired) electrons. The van der Waals surface area contributed by atoms with E-state index >= 15 is 0 Å². The van der Waals surface area contributed by atoms with E-state index in [1.54, 1.807) is 12.1 Å². The molecule has 0 unspecified atom stereocenters. The number of ether oxygens (including phenoxy) is 1. The van der Waals surface area contributed by atoms with E-state index in [1.165, 1.54) is 23.8 Å². The molecule has 1 amide bonds. The summed E-state index contributed by atoms with van der Waals surface area (Å²) in [4.78, 5) is 15.2. The van der Waals surface area contributed by atoms with Gasteiger partial charge in [0.05, 0.1) is 24.5 Å². The van der Waals surface area contributed by atoms with Gasteiger partial charge in [0.15, 0.2) is 0 Å². The number of hydrogen-bond donors (Lipinski definition) is 1. The summed E-state index contributed by atoms with van der Waals surface area (Å²) in [6, 6.07) is 4.85. The fraction of sp³-hybridized carbons (Fsp3) is 0.562. The Bertz CT molecular complexity index is 544. The SMILES string of the molecule is O=C1O[C@@H](CO)CN1c1ccc(N2CCCCCC2)c(F)c1. The second-order valence-electron chi connectivity index (χ2n) is 5.84. The molecule has 120 valence electrons. The number of carbonyl (C=O) groups is 1. The minimum absolute atomic E-state index is 0.226. The van der Waals surface area contributed by atoms with Crippen molar-refractivity contribution in [2.45, 2.75) is 31.8 Å². The summed E-state index contributed by atoms with van der Waals surface area (Å²) in [5.74, 6) is -0.320. The van der Waals surface area contributed by atoms with E-state index in [0.29, 0.717) is 11.4 Å². The fourth-order valence-corrected chi connectivity index (χ4v) is 3.06. The van der Waals surface area contributed by atoms with Crippen molar-refractivity contribution in [2.24, 2.45) is 0 Å². The zero-order valence-corrected chi connectivity index (χ0v) is 12.5. The van der Waals surface area contributed by atoms with Gasteiger partial charge in [0.1, 0.15) is 11.9 Å². The van der Waals surface area contributed by atoms with Crippen molar-refractivity contribution in [2.75, 3.05) is 36.0 Å². The Morgan fingerprint density at radius 1 is 1.23 bits per heavy atom. The van der Waals surface area contributed by atoms with Crippen LogP contribution in [-0.4, -0.2) is 43.5 Å². The van der Waals surface area contributed by atoms with E-state index < -0.39 is 12.2 Å². The number of carbonyl (C=O) groups excluding carboxylic acids is 1. The molecule has 0 saturated carbocycles. The van der Waals surface area contributed by atoms with Crippen LogP contribution in [0, 0.1) is 5.82 Å². The average Bonchev–Trinajstić information content (AvgIpc) is 2.73. The highest BCUT2D eigenvalue weighted by atomic mass is 19.1. The molecule has 2 heterocycles. The number of rotatable bonds is 3. The minimum Gasteiger partial charge on any atom is -0.441 e. The van der Waals surface area contributed by atoms with Crippen molar-refractivity contribution in [3.63, 3.8) is 0 Å². The van der Waals surface area contributed by atoms with Gasteiger partial charge in [-0.05, 0) is 31.0 Å². The number of amides is 1. The van der Waals surface area contributed by atoms with Crippen LogP contribution in [-0.2, 0) is 4.74 Å². The lowest BCUT2D eigenvalue weighted by atomic mass is 10.2. The maximum Gasteiger partial charge on any atom is 0.414 e. The predicted octanol–water partition coefficient (Wildman–Crippen LogP) is 2.52. The highest BCUT2D eigenvalue weighted by Gasteiger charge is 2.32. The summed E-state index contributed by atoms with van der Waals surface area (Å²) in [5.41, 5.74) is 1.06. The number of aliphatic hydroxyl groups is 1. The Morgan fingerprint density at radius 3 is 2.55 bits per heavy atom. The lowest BCUT2D eigenvalue weighted by molar-refractivity contribution is 0.0963. The van der Waals surface area contributed by atoms with E-state index in [2.05, 4.69) is 4.90 Å². The largest absolute Gasteiger partial charge is 0.441 e. The van der Waals surface area contributed by atoms with Crippen molar-refractivity contribution in [3.8, 4) is 0 Å². The summed E-state index contributed by atoms with van der Waals surface area (Å²) in [5, 5.41) is 9.06. The molecule has 1 N–H and O–H groups in total. The van der Waals surface area contributed by atoms with E-state index in [1.807, 2.05) is 0 Å². The van der Waals surface area contributed by atoms with Crippen LogP contribution < -0.4 is 9.80 Å². The van der Waals surface area contributed by atoms with Gasteiger partial charge in [0.2, 0.25) is 0 Å². The summed E-state index contributed by atoms with van der Waals surface area (Å²) < 4.78 is 19.4. The van der Waals surface area contributed by atoms with Crippen molar-refractivity contribution in [1.29, 1.82) is 0 Å². The summed E-state index contributed by atoms with van der Waals surface area (Å²) in [7, 11) is 0. The average molecular weight is 308 g/mol. The van der Waals surface area contributed by atoms with Crippen LogP contribution in [0.5, 0.6) is 0 Å². The number of anilines is 2. The zero-order valence-electron chi connectivity index (χ0n) is 12.5. The van der Waals surface area contributed by atoms with Gasteiger partial charge >= 0.3 is 6.09 Å². The van der Waals surface area contributed by atoms with Gasteiger partial charge in [-0.3, -0.25) is 4.90 Å². The van der Waals surface area contributed by atoms with Crippen LogP contribution in [0.4, 0.5) is 20.6 Å². The van der Waals surface area contributed by atoms with Gasteiger partial charge in [0, 0.05) is 13.1 Å². The first-order valence-corrected chi connectivity index (χ1v) is 7.82. The maximum absolute atomic E-state index is 14.5. The van der Waals surface area contributed by atoms with E-state index in [9.17, 15) is 9.18 Å². The predicted molar refractivity (Wildman–Crippen MR) is 81.8 cm³/mol. The number of halogens is 1. The molecule has 1 atom stereocenters. The maximum atomic E-state index is 14.5. The summed E-state index contributed by atoms with van der Waals surface area (Å²) in [6.45, 7) is 1.76. The van der Waals surface area contributed by atoms with Crippen molar-refractivity contribution in [3.05, 3.63) is 24.0 Å². The highest BCUT2D eigenvalue weighted by molar-refractivity contribution is 5.90. The first-order chi connectivity index (χ1) is 10.7. The fourth-order valence-electron chi connectivity index (χ4n) is 3.06. The Balaban J connectivity index is 1.78. The number of benzene rings is 1. The van der Waals surface area contributed by atoms with E-state index in [-0.39, 0.29) is 19.0 Å². The third kappa shape index (κ3) is 3.02. The molecule has 0 spiro atoms. The van der Waals surface area contributed by atoms with Crippen LogP contribution in [0.15, 0.2) is 18.2 Å². The Morgan fingerprint density at radius 2 is 1.95 bits per heavy atom. The summed E-state index contributed by atoms with van der Waals surface area (Å²) in [6.07, 6.45) is 3.47. The molecule has 3 rings (SSSR count). The molecule has 22 heavy (non-hydrogen) atoms. The third-order valence-electron chi connectivity index (χ3n) is 4.27. The Hall–Kier alpha value is -1.82. The molecule has 5 nitrogen and oxygen atoms in total. The van der Waals surface area contributed by atoms with Gasteiger partial charge in [-0.15, -0.1) is 0 Å². The molecule has 1 aromatic carbocycles. The Kier molecular flexibility index (Phi) is 4.47. The first-order valence-electron chi connectivity index (χ1n) is 7.82. The zero-order chi connectivity index (χ0) is 15.5. The van der Waals surface area contributed by atoms with Crippen LogP contribution in [0.1, 0.15) is 25.7 Å². The van der Waals surface area contributed by atoms with Crippen LogP contribution in [0.25, 0.3) is 0 Å². The molecule has 0 aromatic heterocycles. The second kappa shape index (κ2) is 6.52. The standard InChI is InChI=1S/C16H21FN2O3/c17-14-9-12(19-10-13(11-20)22-16(19)21)5-6-15(14)18-7-3-1-2-4-8-18/h5-6,9,13,20H,1-4,7-8,10-11H2/t13-/m1/s1. The second-order valence-corrected chi connectivity index (χ2v) is 5.84. The first kappa shape index (κ1) is 15.1. The molecule has 6 heteroatoms. The van der Waals surface area contributed by atoms with Crippen LogP contribution >= 0.6 is 0 Å². The number of hydrogen-bond acceptors (Lipinski definition) is 4. The molecule has 0 aliphatic carbocycles. The van der Waals surface area contributed by atoms with Gasteiger partial charge < -0.3 is 14.7 Å². The van der Waals surface area contributed by atoms with Gasteiger partial charge in [-0.2, -0.15) is 0 Å². The van der Waals surface area contributed by atoms with E-state index in [0.717, 1.165) is 25.9 Å². The normalized spacial score (nSPS) is 22.6. The van der Waals surface area contributed by atoms with Crippen molar-refractivity contribution in [1.82, 2.24) is 0 Å². The highest BCUT2D eigenvalue weighted by Crippen LogP contribution is 2.29. The number of nitrogens with zero attached hydrogens (tertiary/aromatic N) is 2.